The molecule has 0 radical (unpaired) electrons. The number of phenols is 1. The highest BCUT2D eigenvalue weighted by Gasteiger charge is 2.37. The van der Waals surface area contributed by atoms with Gasteiger partial charge in [0.05, 0.1) is 0 Å². The third-order valence-electron chi connectivity index (χ3n) is 5.07. The van der Waals surface area contributed by atoms with Gasteiger partial charge in [0, 0.05) is 5.41 Å². The molecule has 0 saturated heterocycles. The van der Waals surface area contributed by atoms with Crippen LogP contribution in [-0.4, -0.2) is 5.11 Å². The topological polar surface area (TPSA) is 49.7 Å². The zero-order chi connectivity index (χ0) is 15.6. The molecule has 1 N–H and O–H groups in total. The van der Waals surface area contributed by atoms with Crippen LogP contribution < -0.4 is 0 Å². The van der Waals surface area contributed by atoms with Gasteiger partial charge in [-0.3, -0.25) is 0 Å². The maximum absolute atomic E-state index is 10.6. The second kappa shape index (κ2) is 5.91. The largest absolute Gasteiger partial charge is 0.508 e. The van der Waals surface area contributed by atoms with Crippen molar-refractivity contribution in [1.29, 1.82) is 0 Å². The normalized spacial score (nSPS) is 24.9. The van der Waals surface area contributed by atoms with Gasteiger partial charge in [-0.25, -0.2) is 0 Å². The van der Waals surface area contributed by atoms with Crippen LogP contribution in [0.4, 0.5) is 5.69 Å². The van der Waals surface area contributed by atoms with Gasteiger partial charge in [0.25, 0.3) is 0 Å². The summed E-state index contributed by atoms with van der Waals surface area (Å²) in [6.45, 7) is 2.31. The molecule has 1 aliphatic carbocycles. The summed E-state index contributed by atoms with van der Waals surface area (Å²) >= 11 is 0. The molecule has 2 aromatic carbocycles. The van der Waals surface area contributed by atoms with E-state index in [4.69, 9.17) is 0 Å². The van der Waals surface area contributed by atoms with Gasteiger partial charge in [0.2, 0.25) is 0 Å². The van der Waals surface area contributed by atoms with Gasteiger partial charge in [-0.1, -0.05) is 31.2 Å². The summed E-state index contributed by atoms with van der Waals surface area (Å²) in [5, 5.41) is 12.6. The van der Waals surface area contributed by atoms with Crippen molar-refractivity contribution < 1.29 is 5.11 Å². The maximum atomic E-state index is 10.6. The molecule has 3 nitrogen and oxygen atoms in total. The first-order valence-corrected chi connectivity index (χ1v) is 7.87. The lowest BCUT2D eigenvalue weighted by atomic mass is 9.63. The van der Waals surface area contributed by atoms with E-state index in [0.717, 1.165) is 18.8 Å². The van der Waals surface area contributed by atoms with E-state index in [1.165, 1.54) is 24.0 Å². The number of phenolic OH excluding ortho intramolecular Hbond substituents is 1. The SMILES string of the molecule is CC1CCC(c2ccc(O)cc2)(c2ccc(N=O)cc2)CC1. The van der Waals surface area contributed by atoms with Crippen LogP contribution in [0, 0.1) is 10.8 Å². The minimum Gasteiger partial charge on any atom is -0.508 e. The van der Waals surface area contributed by atoms with E-state index < -0.39 is 0 Å². The highest BCUT2D eigenvalue weighted by atomic mass is 16.3. The van der Waals surface area contributed by atoms with Crippen molar-refractivity contribution >= 4 is 5.69 Å². The minimum atomic E-state index is -0.0262. The fraction of sp³-hybridized carbons (Fsp3) is 0.368. The summed E-state index contributed by atoms with van der Waals surface area (Å²) in [5.74, 6) is 1.05. The molecule has 22 heavy (non-hydrogen) atoms. The van der Waals surface area contributed by atoms with Crippen LogP contribution in [-0.2, 0) is 5.41 Å². The predicted molar refractivity (Wildman–Crippen MR) is 88.4 cm³/mol. The first-order valence-electron chi connectivity index (χ1n) is 7.87. The van der Waals surface area contributed by atoms with Gasteiger partial charge in [-0.2, -0.15) is 0 Å². The van der Waals surface area contributed by atoms with Gasteiger partial charge >= 0.3 is 0 Å². The van der Waals surface area contributed by atoms with Crippen LogP contribution in [0.3, 0.4) is 0 Å². The van der Waals surface area contributed by atoms with Crippen LogP contribution in [0.5, 0.6) is 5.75 Å². The Balaban J connectivity index is 2.05. The van der Waals surface area contributed by atoms with Crippen molar-refractivity contribution in [3.63, 3.8) is 0 Å². The van der Waals surface area contributed by atoms with Gasteiger partial charge < -0.3 is 5.11 Å². The molecule has 1 fully saturated rings. The lowest BCUT2D eigenvalue weighted by Gasteiger charge is -2.40. The van der Waals surface area contributed by atoms with E-state index in [1.807, 2.05) is 24.3 Å². The van der Waals surface area contributed by atoms with Crippen molar-refractivity contribution in [2.75, 3.05) is 0 Å². The number of rotatable bonds is 3. The molecule has 1 saturated carbocycles. The molecular formula is C19H21NO2. The number of nitrogens with zero attached hydrogens (tertiary/aromatic N) is 1. The quantitative estimate of drug-likeness (QED) is 0.782. The molecule has 0 spiro atoms. The van der Waals surface area contributed by atoms with E-state index in [-0.39, 0.29) is 5.41 Å². The third-order valence-corrected chi connectivity index (χ3v) is 5.07. The fourth-order valence-electron chi connectivity index (χ4n) is 3.62. The monoisotopic (exact) mass is 295 g/mol. The Morgan fingerprint density at radius 2 is 1.45 bits per heavy atom. The molecule has 0 aromatic heterocycles. The number of hydrogen-bond donors (Lipinski definition) is 1. The van der Waals surface area contributed by atoms with Crippen LogP contribution in [0.2, 0.25) is 0 Å². The number of hydrogen-bond acceptors (Lipinski definition) is 3. The van der Waals surface area contributed by atoms with E-state index >= 15 is 0 Å². The second-order valence-electron chi connectivity index (χ2n) is 6.45. The minimum absolute atomic E-state index is 0.0262. The summed E-state index contributed by atoms with van der Waals surface area (Å²) in [6, 6.07) is 15.2. The van der Waals surface area contributed by atoms with Gasteiger partial charge in [-0.15, -0.1) is 4.91 Å². The Bertz CT molecular complexity index is 638. The first-order chi connectivity index (χ1) is 10.6. The Kier molecular flexibility index (Phi) is 3.97. The molecular weight excluding hydrogens is 274 g/mol. The molecule has 3 heteroatoms. The molecule has 0 bridgehead atoms. The lowest BCUT2D eigenvalue weighted by molar-refractivity contribution is 0.280. The summed E-state index contributed by atoms with van der Waals surface area (Å²) in [5.41, 5.74) is 2.91. The average molecular weight is 295 g/mol. The molecule has 3 rings (SSSR count). The van der Waals surface area contributed by atoms with E-state index in [2.05, 4.69) is 12.1 Å². The van der Waals surface area contributed by atoms with E-state index in [0.29, 0.717) is 11.4 Å². The number of aromatic hydroxyl groups is 1. The van der Waals surface area contributed by atoms with Crippen LogP contribution in [0.1, 0.15) is 43.7 Å². The van der Waals surface area contributed by atoms with Gasteiger partial charge in [0.15, 0.2) is 0 Å². The Morgan fingerprint density at radius 1 is 0.955 bits per heavy atom. The summed E-state index contributed by atoms with van der Waals surface area (Å²) in [6.07, 6.45) is 4.56. The molecule has 0 atom stereocenters. The van der Waals surface area contributed by atoms with Crippen molar-refractivity contribution in [3.05, 3.63) is 64.6 Å². The standard InChI is InChI=1S/C19H21NO2/c1-14-10-12-19(13-11-14,16-4-8-18(21)9-5-16)15-2-6-17(20-22)7-3-15/h2-9,14,21H,10-13H2,1H3. The summed E-state index contributed by atoms with van der Waals surface area (Å²) < 4.78 is 0. The maximum Gasteiger partial charge on any atom is 0.115 e. The zero-order valence-electron chi connectivity index (χ0n) is 12.8. The van der Waals surface area contributed by atoms with Crippen LogP contribution in [0.25, 0.3) is 0 Å². The molecule has 114 valence electrons. The Morgan fingerprint density at radius 3 is 1.95 bits per heavy atom. The first kappa shape index (κ1) is 14.8. The molecule has 0 aliphatic heterocycles. The van der Waals surface area contributed by atoms with Crippen molar-refractivity contribution in [3.8, 4) is 5.75 Å². The Labute approximate surface area is 131 Å². The number of benzene rings is 2. The van der Waals surface area contributed by atoms with Crippen LogP contribution in [0.15, 0.2) is 53.7 Å². The second-order valence-corrected chi connectivity index (χ2v) is 6.45. The smallest absolute Gasteiger partial charge is 0.115 e. The Hall–Kier alpha value is -2.16. The fourth-order valence-corrected chi connectivity index (χ4v) is 3.62. The van der Waals surface area contributed by atoms with Crippen molar-refractivity contribution in [2.24, 2.45) is 11.1 Å². The molecule has 0 heterocycles. The highest BCUT2D eigenvalue weighted by molar-refractivity contribution is 5.46. The molecule has 2 aromatic rings. The lowest BCUT2D eigenvalue weighted by Crippen LogP contribution is -2.32. The molecule has 0 amide bonds. The molecule has 1 aliphatic rings. The van der Waals surface area contributed by atoms with Crippen molar-refractivity contribution in [2.45, 2.75) is 38.0 Å². The summed E-state index contributed by atoms with van der Waals surface area (Å²) in [7, 11) is 0. The van der Waals surface area contributed by atoms with E-state index in [9.17, 15) is 10.0 Å². The third kappa shape index (κ3) is 2.63. The zero-order valence-corrected chi connectivity index (χ0v) is 12.8. The van der Waals surface area contributed by atoms with Crippen LogP contribution >= 0.6 is 0 Å². The molecule has 0 unspecified atom stereocenters. The van der Waals surface area contributed by atoms with E-state index in [1.54, 1.807) is 24.3 Å². The highest BCUT2D eigenvalue weighted by Crippen LogP contribution is 2.46. The van der Waals surface area contributed by atoms with Gasteiger partial charge in [0.1, 0.15) is 11.4 Å². The average Bonchev–Trinajstić information content (AvgIpc) is 2.57. The predicted octanol–water partition coefficient (Wildman–Crippen LogP) is 5.29. The van der Waals surface area contributed by atoms with Crippen molar-refractivity contribution in [1.82, 2.24) is 0 Å². The van der Waals surface area contributed by atoms with Gasteiger partial charge in [-0.05, 0) is 72.2 Å². The number of nitroso groups, excluding NO2 is 1. The summed E-state index contributed by atoms with van der Waals surface area (Å²) in [4.78, 5) is 10.6.